The number of carbonyl (C=O) groups is 3. The number of aliphatic carboxylic acids is 1. The summed E-state index contributed by atoms with van der Waals surface area (Å²) in [6.07, 6.45) is 1.63. The molecule has 0 unspecified atom stereocenters. The van der Waals surface area contributed by atoms with Gasteiger partial charge in [0.15, 0.2) is 0 Å². The molecule has 2 rings (SSSR count). The van der Waals surface area contributed by atoms with Crippen molar-refractivity contribution in [1.29, 1.82) is 0 Å². The molecule has 1 aliphatic rings. The molecule has 0 radical (unpaired) electrons. The summed E-state index contributed by atoms with van der Waals surface area (Å²) in [5.41, 5.74) is 0.500. The van der Waals surface area contributed by atoms with Crippen molar-refractivity contribution in [3.05, 3.63) is 29.8 Å². The van der Waals surface area contributed by atoms with Gasteiger partial charge in [0, 0.05) is 17.9 Å². The fraction of sp³-hybridized carbons (Fsp3) is 0.438. The van der Waals surface area contributed by atoms with E-state index in [-0.39, 0.29) is 5.91 Å². The third-order valence-corrected chi connectivity index (χ3v) is 3.72. The minimum Gasteiger partial charge on any atom is -0.480 e. The lowest BCUT2D eigenvalue weighted by Crippen LogP contribution is -2.29. The molecule has 0 saturated heterocycles. The fourth-order valence-corrected chi connectivity index (χ4v) is 2.11. The number of anilines is 1. The third kappa shape index (κ3) is 4.53. The third-order valence-electron chi connectivity index (χ3n) is 3.72. The van der Waals surface area contributed by atoms with Crippen molar-refractivity contribution < 1.29 is 24.2 Å². The second-order valence-electron chi connectivity index (χ2n) is 5.53. The number of ether oxygens (including phenoxy) is 1. The number of nitrogens with one attached hydrogen (secondary N) is 2. The Balaban J connectivity index is 1.91. The van der Waals surface area contributed by atoms with Gasteiger partial charge in [-0.05, 0) is 44.0 Å². The Bertz CT molecular complexity index is 593. The van der Waals surface area contributed by atoms with Gasteiger partial charge in [0.2, 0.25) is 5.91 Å². The molecule has 0 aliphatic heterocycles. The van der Waals surface area contributed by atoms with Gasteiger partial charge in [0.25, 0.3) is 5.91 Å². The summed E-state index contributed by atoms with van der Waals surface area (Å²) in [7, 11) is 0. The molecule has 1 aromatic carbocycles. The van der Waals surface area contributed by atoms with Gasteiger partial charge in [-0.1, -0.05) is 0 Å². The summed E-state index contributed by atoms with van der Waals surface area (Å²) in [5.74, 6) is -1.65. The topological polar surface area (TPSA) is 105 Å². The van der Waals surface area contributed by atoms with E-state index in [1.807, 2.05) is 6.92 Å². The van der Waals surface area contributed by atoms with Gasteiger partial charge in [-0.25, -0.2) is 0 Å². The highest BCUT2D eigenvalue weighted by Crippen LogP contribution is 2.46. The Morgan fingerprint density at radius 2 is 1.87 bits per heavy atom. The van der Waals surface area contributed by atoms with E-state index < -0.39 is 23.8 Å². The van der Waals surface area contributed by atoms with Crippen LogP contribution in [0.4, 0.5) is 5.69 Å². The van der Waals surface area contributed by atoms with Crippen molar-refractivity contribution >= 4 is 23.5 Å². The number of carbonyl (C=O) groups excluding carboxylic acids is 2. The number of benzene rings is 1. The SMILES string of the molecule is CCOCC1(C(=O)Nc2ccc(C(=O)NCC(=O)O)cc2)CC1. The minimum absolute atomic E-state index is 0.0750. The molecule has 3 N–H and O–H groups in total. The van der Waals surface area contributed by atoms with E-state index >= 15 is 0 Å². The van der Waals surface area contributed by atoms with E-state index in [0.717, 1.165) is 12.8 Å². The zero-order chi connectivity index (χ0) is 16.9. The summed E-state index contributed by atoms with van der Waals surface area (Å²) in [6, 6.07) is 6.30. The van der Waals surface area contributed by atoms with Crippen molar-refractivity contribution in [2.75, 3.05) is 25.1 Å². The molecule has 1 saturated carbocycles. The van der Waals surface area contributed by atoms with Gasteiger partial charge in [0.05, 0.1) is 12.0 Å². The largest absolute Gasteiger partial charge is 0.480 e. The number of hydrogen-bond acceptors (Lipinski definition) is 4. The van der Waals surface area contributed by atoms with E-state index in [1.165, 1.54) is 12.1 Å². The van der Waals surface area contributed by atoms with E-state index in [0.29, 0.717) is 24.5 Å². The molecular weight excluding hydrogens is 300 g/mol. The molecule has 2 amide bonds. The first kappa shape index (κ1) is 17.0. The number of hydrogen-bond donors (Lipinski definition) is 3. The van der Waals surface area contributed by atoms with Crippen LogP contribution in [0.1, 0.15) is 30.1 Å². The van der Waals surface area contributed by atoms with Crippen LogP contribution < -0.4 is 10.6 Å². The van der Waals surface area contributed by atoms with E-state index in [2.05, 4.69) is 10.6 Å². The Kier molecular flexibility index (Phi) is 5.33. The second-order valence-corrected chi connectivity index (χ2v) is 5.53. The number of rotatable bonds is 8. The van der Waals surface area contributed by atoms with Crippen LogP contribution in [0.25, 0.3) is 0 Å². The van der Waals surface area contributed by atoms with E-state index in [4.69, 9.17) is 9.84 Å². The maximum Gasteiger partial charge on any atom is 0.322 e. The Labute approximate surface area is 134 Å². The average molecular weight is 320 g/mol. The van der Waals surface area contributed by atoms with Crippen LogP contribution in [0.5, 0.6) is 0 Å². The zero-order valence-electron chi connectivity index (χ0n) is 12.9. The molecule has 1 aliphatic carbocycles. The maximum absolute atomic E-state index is 12.3. The first-order valence-electron chi connectivity index (χ1n) is 7.46. The van der Waals surface area contributed by atoms with Gasteiger partial charge >= 0.3 is 5.97 Å². The molecule has 7 nitrogen and oxygen atoms in total. The summed E-state index contributed by atoms with van der Waals surface area (Å²) in [4.78, 5) is 34.4. The Morgan fingerprint density at radius 3 is 2.39 bits per heavy atom. The number of carboxylic acids is 1. The molecule has 7 heteroatoms. The Morgan fingerprint density at radius 1 is 1.22 bits per heavy atom. The zero-order valence-corrected chi connectivity index (χ0v) is 12.9. The maximum atomic E-state index is 12.3. The molecule has 0 bridgehead atoms. The van der Waals surface area contributed by atoms with Gasteiger partial charge in [0.1, 0.15) is 6.54 Å². The van der Waals surface area contributed by atoms with Gasteiger partial charge in [-0.15, -0.1) is 0 Å². The number of carboxylic acid groups (broad SMARTS) is 1. The van der Waals surface area contributed by atoms with Gasteiger partial charge in [-0.3, -0.25) is 14.4 Å². The summed E-state index contributed by atoms with van der Waals surface area (Å²) < 4.78 is 5.35. The monoisotopic (exact) mass is 320 g/mol. The molecule has 124 valence electrons. The summed E-state index contributed by atoms with van der Waals surface area (Å²) >= 11 is 0. The van der Waals surface area contributed by atoms with Crippen LogP contribution >= 0.6 is 0 Å². The van der Waals surface area contributed by atoms with Crippen molar-refractivity contribution in [2.24, 2.45) is 5.41 Å². The highest BCUT2D eigenvalue weighted by Gasteiger charge is 2.50. The lowest BCUT2D eigenvalue weighted by atomic mass is 10.1. The van der Waals surface area contributed by atoms with Crippen molar-refractivity contribution in [2.45, 2.75) is 19.8 Å². The van der Waals surface area contributed by atoms with Crippen LogP contribution in [0.15, 0.2) is 24.3 Å². The van der Waals surface area contributed by atoms with Crippen LogP contribution in [-0.4, -0.2) is 42.6 Å². The molecule has 23 heavy (non-hydrogen) atoms. The van der Waals surface area contributed by atoms with Crippen molar-refractivity contribution in [3.63, 3.8) is 0 Å². The van der Waals surface area contributed by atoms with Gasteiger partial charge < -0.3 is 20.5 Å². The smallest absolute Gasteiger partial charge is 0.322 e. The van der Waals surface area contributed by atoms with Crippen LogP contribution in [0.2, 0.25) is 0 Å². The summed E-state index contributed by atoms with van der Waals surface area (Å²) in [5, 5.41) is 13.6. The van der Waals surface area contributed by atoms with Crippen LogP contribution in [-0.2, 0) is 14.3 Å². The van der Waals surface area contributed by atoms with E-state index in [9.17, 15) is 14.4 Å². The predicted molar refractivity (Wildman–Crippen MR) is 83.2 cm³/mol. The molecule has 0 heterocycles. The van der Waals surface area contributed by atoms with Crippen LogP contribution in [0, 0.1) is 5.41 Å². The van der Waals surface area contributed by atoms with Gasteiger partial charge in [-0.2, -0.15) is 0 Å². The molecular formula is C16H20N2O5. The lowest BCUT2D eigenvalue weighted by Gasteiger charge is -2.15. The highest BCUT2D eigenvalue weighted by atomic mass is 16.5. The van der Waals surface area contributed by atoms with Crippen LogP contribution in [0.3, 0.4) is 0 Å². The molecule has 1 aromatic rings. The molecule has 1 fully saturated rings. The van der Waals surface area contributed by atoms with Crippen molar-refractivity contribution in [1.82, 2.24) is 5.32 Å². The molecule has 0 aromatic heterocycles. The standard InChI is InChI=1S/C16H20N2O5/c1-2-23-10-16(7-8-16)15(22)18-12-5-3-11(4-6-12)14(21)17-9-13(19)20/h3-6H,2,7-10H2,1H3,(H,17,21)(H,18,22)(H,19,20). The molecule has 0 atom stereocenters. The van der Waals surface area contributed by atoms with Crippen molar-refractivity contribution in [3.8, 4) is 0 Å². The normalized spacial score (nSPS) is 14.8. The first-order valence-corrected chi connectivity index (χ1v) is 7.46. The Hall–Kier alpha value is -2.41. The number of amides is 2. The average Bonchev–Trinajstić information content (AvgIpc) is 3.32. The highest BCUT2D eigenvalue weighted by molar-refractivity contribution is 5.99. The molecule has 0 spiro atoms. The van der Waals surface area contributed by atoms with E-state index in [1.54, 1.807) is 12.1 Å². The lowest BCUT2D eigenvalue weighted by molar-refractivity contribution is -0.135. The predicted octanol–water partition coefficient (Wildman–Crippen LogP) is 1.26. The minimum atomic E-state index is -1.11. The fourth-order valence-electron chi connectivity index (χ4n) is 2.11. The summed E-state index contributed by atoms with van der Waals surface area (Å²) in [6.45, 7) is 2.46. The quantitative estimate of drug-likeness (QED) is 0.669. The second kappa shape index (κ2) is 7.23. The first-order chi connectivity index (χ1) is 11.0.